The average Bonchev–Trinajstić information content (AvgIpc) is 3.26. The normalized spacial score (nSPS) is 10.9. The monoisotopic (exact) mass is 366 g/mol. The van der Waals surface area contributed by atoms with Crippen LogP contribution >= 0.6 is 11.6 Å². The zero-order valence-corrected chi connectivity index (χ0v) is 14.9. The van der Waals surface area contributed by atoms with Gasteiger partial charge in [-0.15, -0.1) is 0 Å². The first-order chi connectivity index (χ1) is 12.6. The van der Waals surface area contributed by atoms with E-state index in [2.05, 4.69) is 30.5 Å². The molecule has 3 heterocycles. The summed E-state index contributed by atoms with van der Waals surface area (Å²) in [5, 5.41) is 12.1. The maximum Gasteiger partial charge on any atom is 0.227 e. The Kier molecular flexibility index (Phi) is 4.10. The molecule has 0 atom stereocenters. The SMILES string of the molecule is Cc1ncn(-c2ccc(Nc3ncc(Cl)c(-c4cnn(C)c4)n3)cc2)n1. The number of anilines is 2. The minimum atomic E-state index is 0.456. The zero-order valence-electron chi connectivity index (χ0n) is 14.1. The van der Waals surface area contributed by atoms with Crippen molar-refractivity contribution in [3.63, 3.8) is 0 Å². The van der Waals surface area contributed by atoms with Crippen LogP contribution in [0.5, 0.6) is 0 Å². The van der Waals surface area contributed by atoms with Crippen molar-refractivity contribution in [3.8, 4) is 16.9 Å². The average molecular weight is 367 g/mol. The van der Waals surface area contributed by atoms with Crippen molar-refractivity contribution in [2.75, 3.05) is 5.32 Å². The third kappa shape index (κ3) is 3.27. The number of aryl methyl sites for hydroxylation is 2. The van der Waals surface area contributed by atoms with Crippen LogP contribution in [0, 0.1) is 6.92 Å². The molecule has 0 bridgehead atoms. The standard InChI is InChI=1S/C17H15ClN8/c1-11-20-10-26(24-11)14-5-3-13(4-6-14)22-17-19-8-15(18)16(23-17)12-7-21-25(2)9-12/h3-10H,1-2H3,(H,19,22,23). The topological polar surface area (TPSA) is 86.3 Å². The lowest BCUT2D eigenvalue weighted by atomic mass is 10.2. The molecule has 1 aromatic carbocycles. The lowest BCUT2D eigenvalue weighted by Gasteiger charge is -2.08. The largest absolute Gasteiger partial charge is 0.324 e. The van der Waals surface area contributed by atoms with Gasteiger partial charge in [0.2, 0.25) is 5.95 Å². The van der Waals surface area contributed by atoms with Crippen molar-refractivity contribution in [2.45, 2.75) is 6.92 Å². The maximum absolute atomic E-state index is 6.23. The number of benzene rings is 1. The number of nitrogens with one attached hydrogen (secondary N) is 1. The van der Waals surface area contributed by atoms with E-state index < -0.39 is 0 Å². The van der Waals surface area contributed by atoms with Crippen molar-refractivity contribution in [1.29, 1.82) is 0 Å². The highest BCUT2D eigenvalue weighted by molar-refractivity contribution is 6.32. The van der Waals surface area contributed by atoms with Gasteiger partial charge in [0.15, 0.2) is 0 Å². The molecule has 3 aromatic heterocycles. The van der Waals surface area contributed by atoms with Gasteiger partial charge in [0.05, 0.1) is 28.8 Å². The second kappa shape index (κ2) is 6.57. The Labute approximate surface area is 154 Å². The fourth-order valence-corrected chi connectivity index (χ4v) is 2.67. The van der Waals surface area contributed by atoms with Gasteiger partial charge in [0.1, 0.15) is 12.2 Å². The fraction of sp³-hybridized carbons (Fsp3) is 0.118. The Balaban J connectivity index is 1.57. The molecule has 9 heteroatoms. The summed E-state index contributed by atoms with van der Waals surface area (Å²) in [6.07, 6.45) is 6.83. The Hall–Kier alpha value is -3.26. The molecule has 4 aromatic rings. The van der Waals surface area contributed by atoms with Crippen molar-refractivity contribution in [3.05, 3.63) is 60.0 Å². The van der Waals surface area contributed by atoms with Crippen LogP contribution < -0.4 is 5.32 Å². The number of halogens is 1. The Bertz CT molecular complexity index is 1050. The van der Waals surface area contributed by atoms with Crippen LogP contribution in [0.25, 0.3) is 16.9 Å². The summed E-state index contributed by atoms with van der Waals surface area (Å²) in [6.45, 7) is 1.85. The van der Waals surface area contributed by atoms with Gasteiger partial charge in [-0.2, -0.15) is 10.2 Å². The molecule has 0 radical (unpaired) electrons. The summed E-state index contributed by atoms with van der Waals surface area (Å²) in [4.78, 5) is 12.9. The molecule has 8 nitrogen and oxygen atoms in total. The molecule has 0 aliphatic heterocycles. The zero-order chi connectivity index (χ0) is 18.1. The summed E-state index contributed by atoms with van der Waals surface area (Å²) in [5.74, 6) is 1.18. The Morgan fingerprint density at radius 2 is 1.88 bits per heavy atom. The maximum atomic E-state index is 6.23. The second-order valence-electron chi connectivity index (χ2n) is 5.70. The summed E-state index contributed by atoms with van der Waals surface area (Å²) in [5.41, 5.74) is 3.24. The molecule has 0 aliphatic rings. The first kappa shape index (κ1) is 16.2. The predicted octanol–water partition coefficient (Wildman–Crippen LogP) is 3.16. The summed E-state index contributed by atoms with van der Waals surface area (Å²) < 4.78 is 3.42. The first-order valence-electron chi connectivity index (χ1n) is 7.86. The number of nitrogens with zero attached hydrogens (tertiary/aromatic N) is 7. The molecule has 0 saturated heterocycles. The minimum absolute atomic E-state index is 0.456. The first-order valence-corrected chi connectivity index (χ1v) is 8.23. The van der Waals surface area contributed by atoms with Crippen molar-refractivity contribution < 1.29 is 0 Å². The van der Waals surface area contributed by atoms with Gasteiger partial charge >= 0.3 is 0 Å². The highest BCUT2D eigenvalue weighted by Crippen LogP contribution is 2.26. The van der Waals surface area contributed by atoms with Crippen LogP contribution in [0.3, 0.4) is 0 Å². The fourth-order valence-electron chi connectivity index (χ4n) is 2.47. The second-order valence-corrected chi connectivity index (χ2v) is 6.11. The van der Waals surface area contributed by atoms with Crippen LogP contribution in [0.2, 0.25) is 5.02 Å². The molecule has 130 valence electrons. The molecule has 0 spiro atoms. The summed E-state index contributed by atoms with van der Waals surface area (Å²) in [7, 11) is 1.84. The molecule has 0 unspecified atom stereocenters. The van der Waals surface area contributed by atoms with Gasteiger partial charge in [-0.3, -0.25) is 4.68 Å². The van der Waals surface area contributed by atoms with Crippen molar-refractivity contribution in [2.24, 2.45) is 7.05 Å². The third-order valence-corrected chi connectivity index (χ3v) is 3.99. The number of rotatable bonds is 4. The third-order valence-electron chi connectivity index (χ3n) is 3.72. The van der Waals surface area contributed by atoms with E-state index in [1.54, 1.807) is 28.1 Å². The van der Waals surface area contributed by atoms with Crippen molar-refractivity contribution in [1.82, 2.24) is 34.5 Å². The minimum Gasteiger partial charge on any atom is -0.324 e. The smallest absolute Gasteiger partial charge is 0.227 e. The van der Waals surface area contributed by atoms with Gasteiger partial charge in [-0.1, -0.05) is 11.6 Å². The molecular weight excluding hydrogens is 352 g/mol. The van der Waals surface area contributed by atoms with E-state index in [1.807, 2.05) is 44.4 Å². The van der Waals surface area contributed by atoms with Gasteiger partial charge in [0.25, 0.3) is 0 Å². The number of hydrogen-bond donors (Lipinski definition) is 1. The van der Waals surface area contributed by atoms with Crippen LogP contribution in [0.1, 0.15) is 5.82 Å². The van der Waals surface area contributed by atoms with Gasteiger partial charge in [0, 0.05) is 24.5 Å². The van der Waals surface area contributed by atoms with E-state index in [0.717, 1.165) is 22.8 Å². The number of hydrogen-bond acceptors (Lipinski definition) is 6. The van der Waals surface area contributed by atoms with Crippen LogP contribution in [0.4, 0.5) is 11.6 Å². The Morgan fingerprint density at radius 3 is 2.54 bits per heavy atom. The summed E-state index contributed by atoms with van der Waals surface area (Å²) >= 11 is 6.23. The van der Waals surface area contributed by atoms with E-state index in [-0.39, 0.29) is 0 Å². The van der Waals surface area contributed by atoms with E-state index >= 15 is 0 Å². The van der Waals surface area contributed by atoms with Crippen LogP contribution in [-0.4, -0.2) is 34.5 Å². The molecule has 1 N–H and O–H groups in total. The quantitative estimate of drug-likeness (QED) is 0.597. The number of aromatic nitrogens is 7. The van der Waals surface area contributed by atoms with E-state index in [4.69, 9.17) is 11.6 Å². The lowest BCUT2D eigenvalue weighted by Crippen LogP contribution is -1.99. The van der Waals surface area contributed by atoms with E-state index in [1.165, 1.54) is 0 Å². The molecule has 0 saturated carbocycles. The lowest BCUT2D eigenvalue weighted by molar-refractivity contribution is 0.768. The molecule has 0 amide bonds. The Morgan fingerprint density at radius 1 is 1.08 bits per heavy atom. The summed E-state index contributed by atoms with van der Waals surface area (Å²) in [6, 6.07) is 7.73. The highest BCUT2D eigenvalue weighted by atomic mass is 35.5. The molecule has 26 heavy (non-hydrogen) atoms. The molecule has 4 rings (SSSR count). The van der Waals surface area contributed by atoms with Gasteiger partial charge in [-0.05, 0) is 31.2 Å². The van der Waals surface area contributed by atoms with Crippen LogP contribution in [-0.2, 0) is 7.05 Å². The van der Waals surface area contributed by atoms with Crippen LogP contribution in [0.15, 0.2) is 49.2 Å². The van der Waals surface area contributed by atoms with Gasteiger partial charge < -0.3 is 5.32 Å². The molecule has 0 fully saturated rings. The van der Waals surface area contributed by atoms with E-state index in [9.17, 15) is 0 Å². The van der Waals surface area contributed by atoms with Gasteiger partial charge in [-0.25, -0.2) is 19.6 Å². The van der Waals surface area contributed by atoms with Crippen molar-refractivity contribution >= 4 is 23.2 Å². The predicted molar refractivity (Wildman–Crippen MR) is 98.6 cm³/mol. The molecular formula is C17H15ClN8. The highest BCUT2D eigenvalue weighted by Gasteiger charge is 2.10. The van der Waals surface area contributed by atoms with E-state index in [0.29, 0.717) is 16.7 Å². The molecule has 0 aliphatic carbocycles.